The molecule has 2 aromatic rings. The van der Waals surface area contributed by atoms with Gasteiger partial charge in [0.1, 0.15) is 0 Å². The van der Waals surface area contributed by atoms with Crippen molar-refractivity contribution in [1.29, 1.82) is 0 Å². The quantitative estimate of drug-likeness (QED) is 0.762. The smallest absolute Gasteiger partial charge is 0.224 e. The zero-order valence-corrected chi connectivity index (χ0v) is 17.6. The minimum Gasteiger partial charge on any atom is -0.371 e. The Kier molecular flexibility index (Phi) is 6.50. The molecule has 0 radical (unpaired) electrons. The number of hydrogen-bond acceptors (Lipinski definition) is 3. The Morgan fingerprint density at radius 2 is 1.86 bits per heavy atom. The molecule has 1 fully saturated rings. The van der Waals surface area contributed by atoms with E-state index in [1.807, 2.05) is 0 Å². The molecule has 1 amide bonds. The maximum atomic E-state index is 12.7. The third-order valence-corrected chi connectivity index (χ3v) is 6.35. The van der Waals surface area contributed by atoms with Gasteiger partial charge in [-0.3, -0.25) is 9.69 Å². The molecule has 1 saturated heterocycles. The first-order chi connectivity index (χ1) is 14.2. The predicted molar refractivity (Wildman–Crippen MR) is 119 cm³/mol. The maximum absolute atomic E-state index is 12.7. The number of aryl methyl sites for hydroxylation is 1. The molecule has 0 aromatic heterocycles. The van der Waals surface area contributed by atoms with Crippen molar-refractivity contribution in [2.24, 2.45) is 5.92 Å². The van der Waals surface area contributed by atoms with Crippen LogP contribution in [-0.4, -0.2) is 43.5 Å². The molecule has 2 aliphatic rings. The molecule has 1 N–H and O–H groups in total. The van der Waals surface area contributed by atoms with Crippen LogP contribution in [0.5, 0.6) is 0 Å². The third kappa shape index (κ3) is 5.18. The van der Waals surface area contributed by atoms with Gasteiger partial charge in [-0.1, -0.05) is 42.0 Å². The summed E-state index contributed by atoms with van der Waals surface area (Å²) in [5.74, 6) is 0.331. The van der Waals surface area contributed by atoms with E-state index in [0.29, 0.717) is 0 Å². The Hall–Kier alpha value is -2.33. The first-order valence-electron chi connectivity index (χ1n) is 11.1. The molecule has 2 heterocycles. The Balaban J connectivity index is 1.19. The molecule has 29 heavy (non-hydrogen) atoms. The van der Waals surface area contributed by atoms with Gasteiger partial charge in [-0.25, -0.2) is 0 Å². The van der Waals surface area contributed by atoms with E-state index in [-0.39, 0.29) is 11.8 Å². The van der Waals surface area contributed by atoms with Gasteiger partial charge >= 0.3 is 0 Å². The molecule has 0 spiro atoms. The molecule has 1 unspecified atom stereocenters. The summed E-state index contributed by atoms with van der Waals surface area (Å²) in [6, 6.07) is 17.4. The Bertz CT molecular complexity index is 817. The number of anilines is 1. The van der Waals surface area contributed by atoms with Crippen molar-refractivity contribution in [1.82, 2.24) is 10.2 Å². The standard InChI is InChI=1S/C25H33N3O/c1-20-9-11-24(12-10-20)28-16-4-8-23(19-28)25(29)26-14-5-15-27-17-13-21-6-2-3-7-22(21)18-27/h2-3,6-7,9-12,23H,4-5,8,13-19H2,1H3,(H,26,29). The number of fused-ring (bicyclic) bond motifs is 1. The van der Waals surface area contributed by atoms with Crippen LogP contribution in [0.25, 0.3) is 0 Å². The van der Waals surface area contributed by atoms with Crippen LogP contribution in [0.3, 0.4) is 0 Å². The minimum absolute atomic E-state index is 0.104. The van der Waals surface area contributed by atoms with Crippen molar-refractivity contribution in [3.8, 4) is 0 Å². The molecular weight excluding hydrogens is 358 g/mol. The van der Waals surface area contributed by atoms with Crippen LogP contribution in [0, 0.1) is 12.8 Å². The Labute approximate surface area is 174 Å². The van der Waals surface area contributed by atoms with Crippen molar-refractivity contribution < 1.29 is 4.79 Å². The summed E-state index contributed by atoms with van der Waals surface area (Å²) >= 11 is 0. The Morgan fingerprint density at radius 3 is 2.69 bits per heavy atom. The SMILES string of the molecule is Cc1ccc(N2CCCC(C(=O)NCCCN3CCc4ccccc4C3)C2)cc1. The second-order valence-corrected chi connectivity index (χ2v) is 8.56. The van der Waals surface area contributed by atoms with Gasteiger partial charge in [-0.05, 0) is 55.9 Å². The van der Waals surface area contributed by atoms with Gasteiger partial charge in [0, 0.05) is 45.0 Å². The summed E-state index contributed by atoms with van der Waals surface area (Å²) in [7, 11) is 0. The highest BCUT2D eigenvalue weighted by molar-refractivity contribution is 5.79. The molecule has 4 rings (SSSR count). The van der Waals surface area contributed by atoms with Gasteiger partial charge in [0.05, 0.1) is 5.92 Å². The van der Waals surface area contributed by atoms with E-state index in [4.69, 9.17) is 0 Å². The summed E-state index contributed by atoms with van der Waals surface area (Å²) < 4.78 is 0. The Morgan fingerprint density at radius 1 is 1.07 bits per heavy atom. The number of rotatable bonds is 6. The average molecular weight is 392 g/mol. The van der Waals surface area contributed by atoms with Gasteiger partial charge in [0.15, 0.2) is 0 Å². The number of nitrogens with one attached hydrogen (secondary N) is 1. The van der Waals surface area contributed by atoms with E-state index in [1.54, 1.807) is 0 Å². The largest absolute Gasteiger partial charge is 0.371 e. The van der Waals surface area contributed by atoms with Crippen LogP contribution >= 0.6 is 0 Å². The molecule has 1 atom stereocenters. The predicted octanol–water partition coefficient (Wildman–Crippen LogP) is 3.78. The maximum Gasteiger partial charge on any atom is 0.224 e. The number of piperidine rings is 1. The lowest BCUT2D eigenvalue weighted by molar-refractivity contribution is -0.125. The summed E-state index contributed by atoms with van der Waals surface area (Å²) in [4.78, 5) is 17.6. The molecule has 0 bridgehead atoms. The van der Waals surface area contributed by atoms with Crippen molar-refractivity contribution in [2.75, 3.05) is 37.6 Å². The fraction of sp³-hybridized carbons (Fsp3) is 0.480. The highest BCUT2D eigenvalue weighted by Crippen LogP contribution is 2.24. The van der Waals surface area contributed by atoms with Gasteiger partial charge in [0.2, 0.25) is 5.91 Å². The molecule has 4 heteroatoms. The first kappa shape index (κ1) is 20.0. The number of nitrogens with zero attached hydrogens (tertiary/aromatic N) is 2. The van der Waals surface area contributed by atoms with E-state index in [1.165, 1.54) is 22.4 Å². The fourth-order valence-electron chi connectivity index (χ4n) is 4.58. The molecule has 154 valence electrons. The molecule has 0 saturated carbocycles. The van der Waals surface area contributed by atoms with Crippen LogP contribution in [0.15, 0.2) is 48.5 Å². The average Bonchev–Trinajstić information content (AvgIpc) is 2.77. The molecule has 2 aromatic carbocycles. The van der Waals surface area contributed by atoms with Gasteiger partial charge in [-0.2, -0.15) is 0 Å². The fourth-order valence-corrected chi connectivity index (χ4v) is 4.58. The second-order valence-electron chi connectivity index (χ2n) is 8.56. The number of benzene rings is 2. The minimum atomic E-state index is 0.104. The normalized spacial score (nSPS) is 19.6. The third-order valence-electron chi connectivity index (χ3n) is 6.35. The highest BCUT2D eigenvalue weighted by Gasteiger charge is 2.25. The zero-order chi connectivity index (χ0) is 20.1. The molecular formula is C25H33N3O. The topological polar surface area (TPSA) is 35.6 Å². The van der Waals surface area contributed by atoms with Crippen molar-refractivity contribution in [2.45, 2.75) is 39.2 Å². The van der Waals surface area contributed by atoms with E-state index >= 15 is 0 Å². The number of carbonyl (C=O) groups excluding carboxylic acids is 1. The van der Waals surface area contributed by atoms with Gasteiger partial charge < -0.3 is 10.2 Å². The summed E-state index contributed by atoms with van der Waals surface area (Å²) in [6.45, 7) is 7.98. The van der Waals surface area contributed by atoms with E-state index in [2.05, 4.69) is 70.6 Å². The lowest BCUT2D eigenvalue weighted by Crippen LogP contribution is -2.43. The van der Waals surface area contributed by atoms with E-state index < -0.39 is 0 Å². The summed E-state index contributed by atoms with van der Waals surface area (Å²) in [6.07, 6.45) is 4.23. The van der Waals surface area contributed by atoms with Crippen LogP contribution in [0.2, 0.25) is 0 Å². The highest BCUT2D eigenvalue weighted by atomic mass is 16.1. The number of amides is 1. The first-order valence-corrected chi connectivity index (χ1v) is 11.1. The van der Waals surface area contributed by atoms with Crippen LogP contribution in [0.4, 0.5) is 5.69 Å². The zero-order valence-electron chi connectivity index (χ0n) is 17.6. The van der Waals surface area contributed by atoms with Crippen LogP contribution in [0.1, 0.15) is 36.0 Å². The van der Waals surface area contributed by atoms with Crippen molar-refractivity contribution in [3.63, 3.8) is 0 Å². The number of carbonyl (C=O) groups is 1. The summed E-state index contributed by atoms with van der Waals surface area (Å²) in [5.41, 5.74) is 5.46. The van der Waals surface area contributed by atoms with E-state index in [0.717, 1.165) is 65.0 Å². The lowest BCUT2D eigenvalue weighted by Gasteiger charge is -2.34. The van der Waals surface area contributed by atoms with Gasteiger partial charge in [0.25, 0.3) is 0 Å². The molecule has 4 nitrogen and oxygen atoms in total. The van der Waals surface area contributed by atoms with Gasteiger partial charge in [-0.15, -0.1) is 0 Å². The van der Waals surface area contributed by atoms with E-state index in [9.17, 15) is 4.79 Å². The van der Waals surface area contributed by atoms with Crippen molar-refractivity contribution in [3.05, 3.63) is 65.2 Å². The van der Waals surface area contributed by atoms with Crippen LogP contribution < -0.4 is 10.2 Å². The van der Waals surface area contributed by atoms with Crippen LogP contribution in [-0.2, 0) is 17.8 Å². The lowest BCUT2D eigenvalue weighted by atomic mass is 9.96. The molecule has 0 aliphatic carbocycles. The van der Waals surface area contributed by atoms with Crippen molar-refractivity contribution >= 4 is 11.6 Å². The number of hydrogen-bond donors (Lipinski definition) is 1. The monoisotopic (exact) mass is 391 g/mol. The molecule has 2 aliphatic heterocycles. The second kappa shape index (κ2) is 9.45. The summed E-state index contributed by atoms with van der Waals surface area (Å²) in [5, 5.41) is 3.20.